The van der Waals surface area contributed by atoms with Gasteiger partial charge in [0, 0.05) is 14.7 Å². The van der Waals surface area contributed by atoms with Gasteiger partial charge < -0.3 is 4.74 Å². The Morgan fingerprint density at radius 1 is 0.528 bits per heavy atom. The fourth-order valence-corrected chi connectivity index (χ4v) is 8.51. The fraction of sp³-hybridized carbons (Fsp3) is 0.0769. The molecule has 36 heavy (non-hydrogen) atoms. The van der Waals surface area contributed by atoms with Gasteiger partial charge >= 0.3 is 21.5 Å². The molecule has 0 radical (unpaired) electrons. The zero-order valence-electron chi connectivity index (χ0n) is 18.5. The van der Waals surface area contributed by atoms with Crippen LogP contribution in [0.25, 0.3) is 0 Å². The Labute approximate surface area is 207 Å². The third-order valence-corrected chi connectivity index (χ3v) is 10.3. The van der Waals surface area contributed by atoms with Crippen LogP contribution in [0.2, 0.25) is 0 Å². The summed E-state index contributed by atoms with van der Waals surface area (Å²) in [5, 5.41) is -5.74. The molecule has 0 heterocycles. The third-order valence-electron chi connectivity index (χ3n) is 5.06. The topological polar surface area (TPSA) is 52.6 Å². The van der Waals surface area contributed by atoms with Crippen LogP contribution in [-0.2, 0) is 13.7 Å². The average Bonchev–Trinajstić information content (AvgIpc) is 2.89. The zero-order valence-corrected chi connectivity index (χ0v) is 20.1. The van der Waals surface area contributed by atoms with E-state index in [4.69, 9.17) is 3.63 Å². The first-order chi connectivity index (χ1) is 17.1. The van der Waals surface area contributed by atoms with Crippen molar-refractivity contribution in [2.24, 2.45) is 0 Å². The van der Waals surface area contributed by atoms with Crippen molar-refractivity contribution in [3.8, 4) is 5.75 Å². The Kier molecular flexibility index (Phi) is 7.12. The number of ether oxygens (including phenoxy) is 1. The Morgan fingerprint density at radius 2 is 0.861 bits per heavy atom. The van der Waals surface area contributed by atoms with Gasteiger partial charge in [0.2, 0.25) is 0 Å². The van der Waals surface area contributed by atoms with E-state index in [1.807, 2.05) is 0 Å². The average molecular weight is 537 g/mol. The van der Waals surface area contributed by atoms with Crippen LogP contribution >= 0.6 is 10.3 Å². The van der Waals surface area contributed by atoms with Crippen molar-refractivity contribution < 1.29 is 34.3 Å². The Morgan fingerprint density at radius 3 is 1.22 bits per heavy atom. The molecule has 0 aliphatic carbocycles. The van der Waals surface area contributed by atoms with Crippen LogP contribution in [0.1, 0.15) is 0 Å². The number of hydrogen-bond donors (Lipinski definition) is 0. The lowest BCUT2D eigenvalue weighted by molar-refractivity contribution is -0.274. The first kappa shape index (κ1) is 25.7. The highest BCUT2D eigenvalue weighted by atomic mass is 32.3. The second-order valence-corrected chi connectivity index (χ2v) is 12.0. The number of hydrogen-bond acceptors (Lipinski definition) is 4. The summed E-state index contributed by atoms with van der Waals surface area (Å²) in [7, 11) is -9.77. The maximum Gasteiger partial charge on any atom is 0.483 e. The molecule has 4 rings (SSSR count). The molecule has 188 valence electrons. The first-order valence-electron chi connectivity index (χ1n) is 10.5. The molecule has 0 saturated carbocycles. The highest BCUT2D eigenvalue weighted by Crippen LogP contribution is 2.70. The summed E-state index contributed by atoms with van der Waals surface area (Å²) >= 11 is 0. The molecule has 0 aromatic heterocycles. The van der Waals surface area contributed by atoms with Crippen LogP contribution < -0.4 is 4.74 Å². The minimum absolute atomic E-state index is 0.217. The minimum atomic E-state index is -6.31. The second kappa shape index (κ2) is 9.96. The molecule has 4 aromatic carbocycles. The second-order valence-electron chi connectivity index (χ2n) is 7.47. The molecular formula is C26H20F4O4S2. The van der Waals surface area contributed by atoms with E-state index in [2.05, 4.69) is 4.74 Å². The van der Waals surface area contributed by atoms with Crippen molar-refractivity contribution in [3.63, 3.8) is 0 Å². The molecule has 0 aliphatic heterocycles. The zero-order chi connectivity index (χ0) is 25.9. The Bertz CT molecular complexity index is 1290. The van der Waals surface area contributed by atoms with Crippen molar-refractivity contribution in [1.82, 2.24) is 0 Å². The van der Waals surface area contributed by atoms with Crippen molar-refractivity contribution in [2.45, 2.75) is 26.0 Å². The van der Waals surface area contributed by atoms with Crippen LogP contribution in [0, 0.1) is 0 Å². The summed E-state index contributed by atoms with van der Waals surface area (Å²) in [4.78, 5) is 0.650. The number of halogens is 4. The summed E-state index contributed by atoms with van der Waals surface area (Å²) in [5.41, 5.74) is 0. The predicted octanol–water partition coefficient (Wildman–Crippen LogP) is 7.49. The largest absolute Gasteiger partial charge is 0.483 e. The summed E-state index contributed by atoms with van der Waals surface area (Å²) in [6, 6.07) is 29.4. The molecule has 0 atom stereocenters. The van der Waals surface area contributed by atoms with E-state index in [0.717, 1.165) is 12.1 Å². The first-order valence-corrected chi connectivity index (χ1v) is 13.5. The van der Waals surface area contributed by atoms with Gasteiger partial charge in [0.1, 0.15) is 5.75 Å². The number of benzene rings is 4. The fourth-order valence-electron chi connectivity index (χ4n) is 3.38. The maximum absolute atomic E-state index is 15.2. The minimum Gasteiger partial charge on any atom is -0.427 e. The lowest BCUT2D eigenvalue weighted by atomic mass is 10.3. The van der Waals surface area contributed by atoms with Crippen LogP contribution in [0.4, 0.5) is 17.6 Å². The van der Waals surface area contributed by atoms with Gasteiger partial charge in [-0.15, -0.1) is 0 Å². The molecule has 0 N–H and O–H groups in total. The van der Waals surface area contributed by atoms with E-state index < -0.39 is 37.5 Å². The summed E-state index contributed by atoms with van der Waals surface area (Å²) in [6.45, 7) is 0. The van der Waals surface area contributed by atoms with Gasteiger partial charge in [-0.2, -0.15) is 26.0 Å². The van der Waals surface area contributed by atoms with Gasteiger partial charge in [-0.05, 0) is 58.8 Å². The normalized spacial score (nSPS) is 13.2. The molecule has 0 fully saturated rings. The SMILES string of the molecule is O=S(=O)(OS(c1ccccc1)(c1ccccc1)c1ccccc1)C(F)(F)C(F)(F)Oc1ccccc1. The molecule has 0 bridgehead atoms. The lowest BCUT2D eigenvalue weighted by Gasteiger charge is -2.40. The van der Waals surface area contributed by atoms with E-state index in [1.54, 1.807) is 54.6 Å². The highest BCUT2D eigenvalue weighted by molar-refractivity contribution is 8.33. The van der Waals surface area contributed by atoms with Crippen molar-refractivity contribution in [3.05, 3.63) is 121 Å². The monoisotopic (exact) mass is 536 g/mol. The maximum atomic E-state index is 15.2. The van der Waals surface area contributed by atoms with Crippen LogP contribution in [-0.4, -0.2) is 19.8 Å². The van der Waals surface area contributed by atoms with Crippen molar-refractivity contribution in [2.75, 3.05) is 0 Å². The van der Waals surface area contributed by atoms with Crippen LogP contribution in [0.5, 0.6) is 5.75 Å². The molecule has 4 aromatic rings. The predicted molar refractivity (Wildman–Crippen MR) is 129 cm³/mol. The van der Waals surface area contributed by atoms with Crippen molar-refractivity contribution in [1.29, 1.82) is 0 Å². The van der Waals surface area contributed by atoms with E-state index in [1.165, 1.54) is 54.6 Å². The van der Waals surface area contributed by atoms with Crippen LogP contribution in [0.3, 0.4) is 0 Å². The Balaban J connectivity index is 1.89. The van der Waals surface area contributed by atoms with Gasteiger partial charge in [0.15, 0.2) is 0 Å². The number of rotatable bonds is 9. The summed E-state index contributed by atoms with van der Waals surface area (Å²) in [5.74, 6) is -0.634. The number of alkyl halides is 4. The van der Waals surface area contributed by atoms with E-state index in [-0.39, 0.29) is 14.7 Å². The molecule has 0 amide bonds. The summed E-state index contributed by atoms with van der Waals surface area (Å²) in [6.07, 6.45) is -5.44. The van der Waals surface area contributed by atoms with Gasteiger partial charge in [-0.25, -0.2) is 3.63 Å². The molecule has 4 nitrogen and oxygen atoms in total. The molecular weight excluding hydrogens is 516 g/mol. The summed E-state index contributed by atoms with van der Waals surface area (Å²) < 4.78 is 95.5. The molecule has 10 heteroatoms. The van der Waals surface area contributed by atoms with E-state index in [0.29, 0.717) is 0 Å². The standard InChI is InChI=1S/C26H20F4O4S2/c27-25(28,33-21-13-5-1-6-14-21)26(29,30)36(31,32)34-35(22-15-7-2-8-16-22,23-17-9-3-10-18-23)24-19-11-4-12-20-24/h1-20H. The molecule has 0 unspecified atom stereocenters. The quantitative estimate of drug-likeness (QED) is 0.208. The Hall–Kier alpha value is -3.34. The molecule has 0 aliphatic rings. The highest BCUT2D eigenvalue weighted by Gasteiger charge is 2.71. The smallest absolute Gasteiger partial charge is 0.427 e. The van der Waals surface area contributed by atoms with Gasteiger partial charge in [-0.1, -0.05) is 72.8 Å². The molecule has 0 spiro atoms. The number of para-hydroxylation sites is 1. The third kappa shape index (κ3) is 4.71. The van der Waals surface area contributed by atoms with Crippen LogP contribution in [0.15, 0.2) is 136 Å². The van der Waals surface area contributed by atoms with Gasteiger partial charge in [0.25, 0.3) is 0 Å². The van der Waals surface area contributed by atoms with Crippen molar-refractivity contribution >= 4 is 20.4 Å². The lowest BCUT2D eigenvalue weighted by Crippen LogP contribution is -2.51. The molecule has 0 saturated heterocycles. The van der Waals surface area contributed by atoms with Gasteiger partial charge in [-0.3, -0.25) is 0 Å². The van der Waals surface area contributed by atoms with E-state index >= 15 is 8.78 Å². The van der Waals surface area contributed by atoms with Gasteiger partial charge in [0.05, 0.1) is 0 Å². The van der Waals surface area contributed by atoms with E-state index in [9.17, 15) is 17.2 Å².